The Hall–Kier alpha value is -2.70. The number of carbonyl (C=O) groups is 1. The largest absolute Gasteiger partial charge is 0.506 e. The molecule has 1 aromatic carbocycles. The second-order valence-corrected chi connectivity index (χ2v) is 9.82. The number of hydrogen-bond acceptors (Lipinski definition) is 6. The average Bonchev–Trinajstić information content (AvgIpc) is 2.77. The van der Waals surface area contributed by atoms with Crippen molar-refractivity contribution in [3.05, 3.63) is 46.6 Å². The molecule has 1 saturated carbocycles. The quantitative estimate of drug-likeness (QED) is 0.454. The Balaban J connectivity index is 1.71. The van der Waals surface area contributed by atoms with Crippen LogP contribution in [0.3, 0.4) is 0 Å². The number of pyridine rings is 2. The Kier molecular flexibility index (Phi) is 6.86. The number of phenolic OH excluding ortho intramolecular Hbond substituents is 1. The van der Waals surface area contributed by atoms with Crippen LogP contribution in [0.5, 0.6) is 5.75 Å². The maximum absolute atomic E-state index is 12.4. The van der Waals surface area contributed by atoms with Crippen LogP contribution in [0.4, 0.5) is 5.69 Å². The first-order valence-electron chi connectivity index (χ1n) is 11.4. The molecule has 174 valence electrons. The molecule has 6 nitrogen and oxygen atoms in total. The molecule has 1 aliphatic rings. The minimum absolute atomic E-state index is 0.0380. The molecule has 4 rings (SSSR count). The minimum atomic E-state index is -0.0380. The minimum Gasteiger partial charge on any atom is -0.506 e. The smallest absolute Gasteiger partial charge is 0.163 e. The molecule has 0 amide bonds. The number of nitrogens with one attached hydrogen (secondary N) is 1. The van der Waals surface area contributed by atoms with E-state index in [9.17, 15) is 9.90 Å². The Morgan fingerprint density at radius 2 is 1.94 bits per heavy atom. The molecular weight excluding hydrogens is 436 g/mol. The van der Waals surface area contributed by atoms with Crippen molar-refractivity contribution in [1.29, 1.82) is 0 Å². The van der Waals surface area contributed by atoms with Gasteiger partial charge in [-0.15, -0.1) is 0 Å². The van der Waals surface area contributed by atoms with Crippen LogP contribution in [0, 0.1) is 12.8 Å². The van der Waals surface area contributed by atoms with Crippen molar-refractivity contribution >= 4 is 34.1 Å². The molecule has 33 heavy (non-hydrogen) atoms. The number of phenols is 1. The van der Waals surface area contributed by atoms with Crippen molar-refractivity contribution in [2.24, 2.45) is 5.92 Å². The van der Waals surface area contributed by atoms with E-state index >= 15 is 0 Å². The van der Waals surface area contributed by atoms with Gasteiger partial charge in [-0.3, -0.25) is 9.78 Å². The third-order valence-corrected chi connectivity index (χ3v) is 6.75. The van der Waals surface area contributed by atoms with Gasteiger partial charge in [0.2, 0.25) is 0 Å². The summed E-state index contributed by atoms with van der Waals surface area (Å²) >= 11 is 6.21. The fourth-order valence-corrected chi connectivity index (χ4v) is 5.00. The third kappa shape index (κ3) is 5.12. The maximum atomic E-state index is 12.4. The Bertz CT molecular complexity index is 1160. The summed E-state index contributed by atoms with van der Waals surface area (Å²) in [6.45, 7) is 4.49. The van der Waals surface area contributed by atoms with Gasteiger partial charge in [0, 0.05) is 24.3 Å². The second kappa shape index (κ2) is 9.65. The summed E-state index contributed by atoms with van der Waals surface area (Å²) in [4.78, 5) is 24.1. The zero-order valence-electron chi connectivity index (χ0n) is 19.7. The van der Waals surface area contributed by atoms with Crippen molar-refractivity contribution in [2.75, 3.05) is 26.0 Å². The molecule has 3 aromatic rings. The lowest BCUT2D eigenvalue weighted by atomic mass is 9.85. The number of hydrogen-bond donors (Lipinski definition) is 2. The number of aromatic hydroxyl groups is 1. The molecule has 0 saturated heterocycles. The summed E-state index contributed by atoms with van der Waals surface area (Å²) in [5.74, 6) is 0.754. The second-order valence-electron chi connectivity index (χ2n) is 9.42. The molecule has 0 aliphatic heterocycles. The number of rotatable bonds is 6. The van der Waals surface area contributed by atoms with Crippen LogP contribution in [0.25, 0.3) is 22.3 Å². The van der Waals surface area contributed by atoms with Crippen LogP contribution < -0.4 is 5.32 Å². The highest BCUT2D eigenvalue weighted by Gasteiger charge is 2.24. The molecule has 2 N–H and O–H groups in total. The Labute approximate surface area is 200 Å². The predicted octanol–water partition coefficient (Wildman–Crippen LogP) is 5.70. The van der Waals surface area contributed by atoms with Crippen LogP contribution in [-0.4, -0.2) is 52.4 Å². The van der Waals surface area contributed by atoms with Gasteiger partial charge in [0.15, 0.2) is 5.78 Å². The highest BCUT2D eigenvalue weighted by molar-refractivity contribution is 6.32. The van der Waals surface area contributed by atoms with Gasteiger partial charge in [-0.05, 0) is 89.4 Å². The fraction of sp³-hybridized carbons (Fsp3) is 0.423. The molecule has 1 fully saturated rings. The molecule has 0 unspecified atom stereocenters. The Morgan fingerprint density at radius 1 is 1.21 bits per heavy atom. The Morgan fingerprint density at radius 3 is 2.58 bits per heavy atom. The molecule has 0 atom stereocenters. The van der Waals surface area contributed by atoms with E-state index in [-0.39, 0.29) is 16.6 Å². The molecule has 7 heteroatoms. The lowest BCUT2D eigenvalue weighted by Crippen LogP contribution is -2.31. The van der Waals surface area contributed by atoms with E-state index < -0.39 is 0 Å². The number of Topliss-reactive ketones (excluding diaryl/α,β-unsaturated/α-hetero) is 1. The number of halogens is 1. The number of aryl methyl sites for hydroxylation is 1. The molecule has 0 bridgehead atoms. The summed E-state index contributed by atoms with van der Waals surface area (Å²) in [6.07, 6.45) is 6.10. The monoisotopic (exact) mass is 466 g/mol. The standard InChI is InChI=1S/C26H31ClN4O2/c1-15-11-18(12-21(27)26(15)33)22-9-10-23-25(30-22)24(20(13-28-23)16(2)32)29-19-7-5-17(6-8-19)14-31(3)4/h9-13,17,19,33H,5-8,14H2,1-4H3,(H,28,29). The number of fused-ring (bicyclic) bond motifs is 1. The van der Waals surface area contributed by atoms with Crippen LogP contribution in [-0.2, 0) is 0 Å². The highest BCUT2D eigenvalue weighted by atomic mass is 35.5. The van der Waals surface area contributed by atoms with E-state index in [1.165, 1.54) is 0 Å². The van der Waals surface area contributed by atoms with E-state index in [1.807, 2.05) is 18.2 Å². The van der Waals surface area contributed by atoms with E-state index in [1.54, 1.807) is 26.1 Å². The summed E-state index contributed by atoms with van der Waals surface area (Å²) in [5, 5.41) is 14.0. The van der Waals surface area contributed by atoms with Crippen LogP contribution in [0.2, 0.25) is 5.02 Å². The van der Waals surface area contributed by atoms with E-state index in [0.29, 0.717) is 34.3 Å². The van der Waals surface area contributed by atoms with Crippen molar-refractivity contribution in [3.8, 4) is 17.0 Å². The van der Waals surface area contributed by atoms with Gasteiger partial charge in [0.1, 0.15) is 11.3 Å². The van der Waals surface area contributed by atoms with E-state index in [0.717, 1.165) is 49.0 Å². The number of nitrogens with zero attached hydrogens (tertiary/aromatic N) is 3. The predicted molar refractivity (Wildman–Crippen MR) is 134 cm³/mol. The van der Waals surface area contributed by atoms with Crippen molar-refractivity contribution in [1.82, 2.24) is 14.9 Å². The van der Waals surface area contributed by atoms with E-state index in [4.69, 9.17) is 16.6 Å². The lowest BCUT2D eigenvalue weighted by molar-refractivity contribution is 0.101. The van der Waals surface area contributed by atoms with Gasteiger partial charge >= 0.3 is 0 Å². The SMILES string of the molecule is CC(=O)c1cnc2ccc(-c3cc(C)c(O)c(Cl)c3)nc2c1NC1CCC(CN(C)C)CC1. The highest BCUT2D eigenvalue weighted by Crippen LogP contribution is 2.35. The molecular formula is C26H31ClN4O2. The summed E-state index contributed by atoms with van der Waals surface area (Å²) in [6, 6.07) is 7.66. The number of carbonyl (C=O) groups excluding carboxylic acids is 1. The van der Waals surface area contributed by atoms with Crippen molar-refractivity contribution in [3.63, 3.8) is 0 Å². The van der Waals surface area contributed by atoms with Crippen molar-refractivity contribution in [2.45, 2.75) is 45.6 Å². The van der Waals surface area contributed by atoms with Gasteiger partial charge in [-0.1, -0.05) is 11.6 Å². The average molecular weight is 467 g/mol. The van der Waals surface area contributed by atoms with Gasteiger partial charge in [0.05, 0.1) is 27.5 Å². The zero-order chi connectivity index (χ0) is 23.7. The normalized spacial score (nSPS) is 18.6. The summed E-state index contributed by atoms with van der Waals surface area (Å²) in [5.41, 5.74) is 4.93. The first-order valence-corrected chi connectivity index (χ1v) is 11.8. The first-order chi connectivity index (χ1) is 15.7. The van der Waals surface area contributed by atoms with Gasteiger partial charge in [0.25, 0.3) is 0 Å². The zero-order valence-corrected chi connectivity index (χ0v) is 20.4. The van der Waals surface area contributed by atoms with E-state index in [2.05, 4.69) is 29.3 Å². The number of benzene rings is 1. The van der Waals surface area contributed by atoms with Crippen LogP contribution in [0.1, 0.15) is 48.5 Å². The topological polar surface area (TPSA) is 78.3 Å². The number of ketones is 1. The molecule has 0 radical (unpaired) electrons. The summed E-state index contributed by atoms with van der Waals surface area (Å²) < 4.78 is 0. The lowest BCUT2D eigenvalue weighted by Gasteiger charge is -2.31. The molecule has 1 aliphatic carbocycles. The van der Waals surface area contributed by atoms with Gasteiger partial charge in [-0.25, -0.2) is 4.98 Å². The molecule has 0 spiro atoms. The number of aromatic nitrogens is 2. The maximum Gasteiger partial charge on any atom is 0.163 e. The fourth-order valence-electron chi connectivity index (χ4n) is 4.73. The molecule has 2 heterocycles. The molecule has 2 aromatic heterocycles. The summed E-state index contributed by atoms with van der Waals surface area (Å²) in [7, 11) is 4.25. The first kappa shape index (κ1) is 23.5. The van der Waals surface area contributed by atoms with Crippen LogP contribution in [0.15, 0.2) is 30.5 Å². The van der Waals surface area contributed by atoms with Gasteiger partial charge in [-0.2, -0.15) is 0 Å². The van der Waals surface area contributed by atoms with Gasteiger partial charge < -0.3 is 15.3 Å². The number of anilines is 1. The van der Waals surface area contributed by atoms with Crippen molar-refractivity contribution < 1.29 is 9.90 Å². The van der Waals surface area contributed by atoms with Crippen LogP contribution >= 0.6 is 11.6 Å². The third-order valence-electron chi connectivity index (χ3n) is 6.46.